The number of nitrogens with zero attached hydrogens (tertiary/aromatic N) is 3. The molecule has 4 rings (SSSR count). The van der Waals surface area contributed by atoms with Gasteiger partial charge in [-0.15, -0.1) is 0 Å². The smallest absolute Gasteiger partial charge is 0.321 e. The van der Waals surface area contributed by atoms with Gasteiger partial charge in [0, 0.05) is 48.3 Å². The van der Waals surface area contributed by atoms with E-state index in [-0.39, 0.29) is 6.03 Å². The summed E-state index contributed by atoms with van der Waals surface area (Å²) in [5.41, 5.74) is 1.90. The lowest BCUT2D eigenvalue weighted by molar-refractivity contribution is 0.177. The van der Waals surface area contributed by atoms with Crippen LogP contribution in [0.3, 0.4) is 0 Å². The summed E-state index contributed by atoms with van der Waals surface area (Å²) in [6, 6.07) is 17.4. The van der Waals surface area contributed by atoms with Gasteiger partial charge in [0.05, 0.1) is 0 Å². The van der Waals surface area contributed by atoms with E-state index in [1.165, 1.54) is 0 Å². The van der Waals surface area contributed by atoms with Crippen molar-refractivity contribution < 1.29 is 4.79 Å². The number of rotatable bonds is 4. The second-order valence-corrected chi connectivity index (χ2v) is 7.57. The quantitative estimate of drug-likeness (QED) is 0.665. The number of likely N-dealkylation sites (tertiary alicyclic amines) is 1. The first-order chi connectivity index (χ1) is 13.7. The van der Waals surface area contributed by atoms with Crippen LogP contribution in [0.4, 0.5) is 10.5 Å². The van der Waals surface area contributed by atoms with Crippen LogP contribution in [0.25, 0.3) is 11.4 Å². The highest BCUT2D eigenvalue weighted by Crippen LogP contribution is 2.24. The van der Waals surface area contributed by atoms with Crippen LogP contribution in [-0.2, 0) is 6.54 Å². The molecule has 1 aromatic heterocycles. The third-order valence-corrected chi connectivity index (χ3v) is 5.45. The number of urea groups is 1. The number of aromatic nitrogens is 2. The molecule has 0 spiro atoms. The largest absolute Gasteiger partial charge is 0.331 e. The van der Waals surface area contributed by atoms with Gasteiger partial charge in [-0.3, -0.25) is 0 Å². The summed E-state index contributed by atoms with van der Waals surface area (Å²) in [5.74, 6) is 1.54. The molecule has 1 N–H and O–H groups in total. The summed E-state index contributed by atoms with van der Waals surface area (Å²) >= 11 is 5.89. The normalized spacial score (nSPS) is 14.8. The number of benzene rings is 2. The Morgan fingerprint density at radius 3 is 2.50 bits per heavy atom. The van der Waals surface area contributed by atoms with Crippen molar-refractivity contribution in [2.45, 2.75) is 19.4 Å². The minimum atomic E-state index is -0.0478. The molecule has 1 aliphatic rings. The summed E-state index contributed by atoms with van der Waals surface area (Å²) in [7, 11) is 0. The maximum absolute atomic E-state index is 12.5. The molecular weight excluding hydrogens is 372 g/mol. The van der Waals surface area contributed by atoms with Crippen LogP contribution in [0.2, 0.25) is 5.02 Å². The number of imidazole rings is 1. The summed E-state index contributed by atoms with van der Waals surface area (Å²) in [4.78, 5) is 18.9. The van der Waals surface area contributed by atoms with Crippen molar-refractivity contribution in [3.05, 3.63) is 72.0 Å². The molecule has 1 saturated heterocycles. The number of piperidine rings is 1. The first-order valence-corrected chi connectivity index (χ1v) is 9.95. The molecule has 0 radical (unpaired) electrons. The number of halogens is 1. The zero-order chi connectivity index (χ0) is 19.3. The molecule has 2 amide bonds. The Kier molecular flexibility index (Phi) is 5.63. The van der Waals surface area contributed by atoms with E-state index in [9.17, 15) is 4.79 Å². The number of amides is 2. The lowest BCUT2D eigenvalue weighted by Gasteiger charge is -2.32. The summed E-state index contributed by atoms with van der Waals surface area (Å²) in [5, 5.41) is 3.60. The minimum absolute atomic E-state index is 0.0478. The molecule has 0 atom stereocenters. The van der Waals surface area contributed by atoms with Gasteiger partial charge < -0.3 is 14.8 Å². The van der Waals surface area contributed by atoms with E-state index in [0.29, 0.717) is 10.9 Å². The monoisotopic (exact) mass is 394 g/mol. The number of hydrogen-bond acceptors (Lipinski definition) is 2. The van der Waals surface area contributed by atoms with E-state index < -0.39 is 0 Å². The zero-order valence-electron chi connectivity index (χ0n) is 15.6. The van der Waals surface area contributed by atoms with Crippen LogP contribution in [0.1, 0.15) is 12.8 Å². The van der Waals surface area contributed by atoms with Crippen molar-refractivity contribution in [2.75, 3.05) is 18.4 Å². The van der Waals surface area contributed by atoms with Gasteiger partial charge in [-0.25, -0.2) is 9.78 Å². The van der Waals surface area contributed by atoms with E-state index in [1.807, 2.05) is 47.6 Å². The van der Waals surface area contributed by atoms with Crippen LogP contribution in [0.5, 0.6) is 0 Å². The Morgan fingerprint density at radius 1 is 1.07 bits per heavy atom. The molecule has 1 fully saturated rings. The Morgan fingerprint density at radius 2 is 1.79 bits per heavy atom. The van der Waals surface area contributed by atoms with Gasteiger partial charge in [0.25, 0.3) is 0 Å². The molecule has 5 nitrogen and oxygen atoms in total. The molecule has 0 bridgehead atoms. The topological polar surface area (TPSA) is 50.2 Å². The van der Waals surface area contributed by atoms with Crippen LogP contribution >= 0.6 is 11.6 Å². The predicted octanol–water partition coefficient (Wildman–Crippen LogP) is 5.15. The second kappa shape index (κ2) is 8.48. The molecule has 0 aliphatic carbocycles. The zero-order valence-corrected chi connectivity index (χ0v) is 16.3. The first kappa shape index (κ1) is 18.6. The van der Waals surface area contributed by atoms with Gasteiger partial charge in [-0.2, -0.15) is 0 Å². The highest BCUT2D eigenvalue weighted by atomic mass is 35.5. The Balaban J connectivity index is 1.32. The summed E-state index contributed by atoms with van der Waals surface area (Å²) < 4.78 is 2.23. The van der Waals surface area contributed by atoms with E-state index >= 15 is 0 Å². The van der Waals surface area contributed by atoms with E-state index in [0.717, 1.165) is 49.6 Å². The predicted molar refractivity (Wildman–Crippen MR) is 112 cm³/mol. The van der Waals surface area contributed by atoms with Crippen molar-refractivity contribution in [2.24, 2.45) is 5.92 Å². The lowest BCUT2D eigenvalue weighted by atomic mass is 9.97. The molecule has 28 heavy (non-hydrogen) atoms. The highest BCUT2D eigenvalue weighted by molar-refractivity contribution is 6.30. The molecule has 3 aromatic rings. The third kappa shape index (κ3) is 4.37. The fourth-order valence-corrected chi connectivity index (χ4v) is 3.76. The van der Waals surface area contributed by atoms with Crippen molar-refractivity contribution >= 4 is 23.3 Å². The fourth-order valence-electron chi connectivity index (χ4n) is 3.64. The molecule has 144 valence electrons. The molecule has 1 aliphatic heterocycles. The van der Waals surface area contributed by atoms with Gasteiger partial charge in [-0.05, 0) is 43.0 Å². The van der Waals surface area contributed by atoms with Crippen molar-refractivity contribution in [1.29, 1.82) is 0 Å². The third-order valence-electron chi connectivity index (χ3n) is 5.20. The van der Waals surface area contributed by atoms with Crippen molar-refractivity contribution in [3.8, 4) is 11.4 Å². The summed E-state index contributed by atoms with van der Waals surface area (Å²) in [6.45, 7) is 2.45. The van der Waals surface area contributed by atoms with Gasteiger partial charge >= 0.3 is 6.03 Å². The first-order valence-electron chi connectivity index (χ1n) is 9.57. The lowest BCUT2D eigenvalue weighted by Crippen LogP contribution is -2.41. The molecule has 2 aromatic carbocycles. The van der Waals surface area contributed by atoms with Crippen molar-refractivity contribution in [1.82, 2.24) is 14.5 Å². The highest BCUT2D eigenvalue weighted by Gasteiger charge is 2.23. The Hall–Kier alpha value is -2.79. The van der Waals surface area contributed by atoms with Gasteiger partial charge in [-0.1, -0.05) is 41.9 Å². The fraction of sp³-hybridized carbons (Fsp3) is 0.273. The summed E-state index contributed by atoms with van der Waals surface area (Å²) in [6.07, 6.45) is 5.87. The molecule has 0 unspecified atom stereocenters. The van der Waals surface area contributed by atoms with Gasteiger partial charge in [0.1, 0.15) is 5.82 Å². The Labute approximate surface area is 170 Å². The number of hydrogen-bond donors (Lipinski definition) is 1. The standard InChI is InChI=1S/C22H23ClN4O/c23-19-6-8-20(9-7-19)25-22(28)26-13-10-17(11-14-26)16-27-15-12-24-21(27)18-4-2-1-3-5-18/h1-9,12,15,17H,10-11,13-14,16H2,(H,25,28). The second-order valence-electron chi connectivity index (χ2n) is 7.14. The number of carbonyl (C=O) groups excluding carboxylic acids is 1. The minimum Gasteiger partial charge on any atom is -0.331 e. The SMILES string of the molecule is O=C(Nc1ccc(Cl)cc1)N1CCC(Cn2ccnc2-c2ccccc2)CC1. The molecule has 0 saturated carbocycles. The number of carbonyl (C=O) groups is 1. The average molecular weight is 395 g/mol. The number of nitrogens with one attached hydrogen (secondary N) is 1. The van der Waals surface area contributed by atoms with E-state index in [1.54, 1.807) is 12.1 Å². The maximum Gasteiger partial charge on any atom is 0.321 e. The van der Waals surface area contributed by atoms with E-state index in [2.05, 4.69) is 27.0 Å². The molecule has 2 heterocycles. The van der Waals surface area contributed by atoms with E-state index in [4.69, 9.17) is 11.6 Å². The maximum atomic E-state index is 12.5. The van der Waals surface area contributed by atoms with Crippen LogP contribution in [0, 0.1) is 5.92 Å². The van der Waals surface area contributed by atoms with Gasteiger partial charge in [0.15, 0.2) is 0 Å². The van der Waals surface area contributed by atoms with Crippen LogP contribution in [-0.4, -0.2) is 33.6 Å². The Bertz CT molecular complexity index is 915. The molecular formula is C22H23ClN4O. The average Bonchev–Trinajstić information content (AvgIpc) is 3.19. The van der Waals surface area contributed by atoms with Gasteiger partial charge in [0.2, 0.25) is 0 Å². The van der Waals surface area contributed by atoms with Crippen LogP contribution < -0.4 is 5.32 Å². The number of anilines is 1. The molecule has 6 heteroatoms. The van der Waals surface area contributed by atoms with Crippen LogP contribution in [0.15, 0.2) is 67.0 Å². The van der Waals surface area contributed by atoms with Crippen molar-refractivity contribution in [3.63, 3.8) is 0 Å².